The molecule has 0 amide bonds. The van der Waals surface area contributed by atoms with Crippen molar-refractivity contribution in [3.8, 4) is 0 Å². The second-order valence-electron chi connectivity index (χ2n) is 7.21. The van der Waals surface area contributed by atoms with Gasteiger partial charge in [0.05, 0.1) is 22.9 Å². The summed E-state index contributed by atoms with van der Waals surface area (Å²) in [6.45, 7) is 0. The molecule has 2 saturated heterocycles. The molecule has 4 atom stereocenters. The van der Waals surface area contributed by atoms with Crippen LogP contribution in [0.5, 0.6) is 0 Å². The number of ether oxygens (including phenoxy) is 1. The zero-order chi connectivity index (χ0) is 18.6. The lowest BCUT2D eigenvalue weighted by Crippen LogP contribution is -2.32. The molecule has 2 fully saturated rings. The minimum absolute atomic E-state index is 0.0302. The number of carbonyl (C=O) groups is 1. The van der Waals surface area contributed by atoms with Crippen molar-refractivity contribution in [3.63, 3.8) is 0 Å². The molecule has 0 saturated carbocycles. The summed E-state index contributed by atoms with van der Waals surface area (Å²) in [6, 6.07) is 8.63. The van der Waals surface area contributed by atoms with Crippen LogP contribution in [0, 0.1) is 11.8 Å². The fourth-order valence-corrected chi connectivity index (χ4v) is 5.88. The molecule has 1 N–H and O–H groups in total. The monoisotopic (exact) mass is 378 g/mol. The molecule has 0 spiro atoms. The maximum Gasteiger partial charge on any atom is 0.303 e. The van der Waals surface area contributed by atoms with Crippen LogP contribution in [0.3, 0.4) is 0 Å². The summed E-state index contributed by atoms with van der Waals surface area (Å²) >= 11 is 0. The highest BCUT2D eigenvalue weighted by atomic mass is 32.2. The van der Waals surface area contributed by atoms with Gasteiger partial charge in [-0.05, 0) is 50.2 Å². The smallest absolute Gasteiger partial charge is 0.303 e. The molecule has 2 bridgehead atoms. The van der Waals surface area contributed by atoms with Crippen LogP contribution >= 0.6 is 0 Å². The summed E-state index contributed by atoms with van der Waals surface area (Å²) < 4.78 is 31.5. The van der Waals surface area contributed by atoms with E-state index in [2.05, 4.69) is 6.08 Å². The SMILES string of the molecule is O=C(O)CCCC=CC[C@@H]1[C@@H](CS(=O)(=O)c2ccccc2)[C@@H]2CC[C@H]1O2. The van der Waals surface area contributed by atoms with Gasteiger partial charge in [-0.1, -0.05) is 30.4 Å². The number of aliphatic carboxylic acids is 1. The summed E-state index contributed by atoms with van der Waals surface area (Å²) in [5.74, 6) is -0.382. The lowest BCUT2D eigenvalue weighted by atomic mass is 9.78. The van der Waals surface area contributed by atoms with Crippen molar-refractivity contribution in [2.75, 3.05) is 5.75 Å². The standard InChI is InChI=1S/C20H26O5S/c21-20(22)11-7-2-1-6-10-16-17(19-13-12-18(16)25-19)14-26(23,24)15-8-4-3-5-9-15/h1,3-6,8-9,16-19H,2,7,10-14H2,(H,21,22)/t16-,17-,18-,19+/m1/s1. The molecule has 2 heterocycles. The van der Waals surface area contributed by atoms with E-state index in [0.29, 0.717) is 11.3 Å². The second kappa shape index (κ2) is 8.35. The number of rotatable bonds is 9. The highest BCUT2D eigenvalue weighted by Crippen LogP contribution is 2.46. The highest BCUT2D eigenvalue weighted by molar-refractivity contribution is 7.91. The molecule has 6 heteroatoms. The van der Waals surface area contributed by atoms with Gasteiger partial charge in [-0.2, -0.15) is 0 Å². The Hall–Kier alpha value is -1.66. The van der Waals surface area contributed by atoms with E-state index in [0.717, 1.165) is 25.7 Å². The molecule has 2 aliphatic heterocycles. The van der Waals surface area contributed by atoms with Crippen LogP contribution in [0.15, 0.2) is 47.4 Å². The molecule has 1 aromatic rings. The van der Waals surface area contributed by atoms with E-state index in [1.165, 1.54) is 0 Å². The summed E-state index contributed by atoms with van der Waals surface area (Å²) in [5.41, 5.74) is 0. The number of carboxylic acids is 1. The lowest BCUT2D eigenvalue weighted by molar-refractivity contribution is -0.137. The van der Waals surface area contributed by atoms with Crippen LogP contribution < -0.4 is 0 Å². The first kappa shape index (κ1) is 19.1. The van der Waals surface area contributed by atoms with E-state index in [4.69, 9.17) is 9.84 Å². The van der Waals surface area contributed by atoms with Crippen molar-refractivity contribution < 1.29 is 23.1 Å². The summed E-state index contributed by atoms with van der Waals surface area (Å²) in [5, 5.41) is 8.65. The molecule has 0 unspecified atom stereocenters. The Morgan fingerprint density at radius 1 is 1.12 bits per heavy atom. The van der Waals surface area contributed by atoms with E-state index in [-0.39, 0.29) is 36.2 Å². The summed E-state index contributed by atoms with van der Waals surface area (Å²) in [7, 11) is -3.32. The zero-order valence-corrected chi connectivity index (χ0v) is 15.6. The molecule has 0 aromatic heterocycles. The fourth-order valence-electron chi connectivity index (χ4n) is 4.15. The second-order valence-corrected chi connectivity index (χ2v) is 9.24. The Kier molecular flexibility index (Phi) is 6.14. The zero-order valence-electron chi connectivity index (χ0n) is 14.8. The van der Waals surface area contributed by atoms with Crippen LogP contribution in [0.4, 0.5) is 0 Å². The predicted molar refractivity (Wildman–Crippen MR) is 98.6 cm³/mol. The van der Waals surface area contributed by atoms with Gasteiger partial charge in [0, 0.05) is 12.3 Å². The van der Waals surface area contributed by atoms with Gasteiger partial charge in [-0.3, -0.25) is 4.79 Å². The Morgan fingerprint density at radius 3 is 2.50 bits per heavy atom. The number of hydrogen-bond donors (Lipinski definition) is 1. The van der Waals surface area contributed by atoms with Crippen LogP contribution in [0.1, 0.15) is 38.5 Å². The normalized spacial score (nSPS) is 28.0. The fraction of sp³-hybridized carbons (Fsp3) is 0.550. The number of allylic oxidation sites excluding steroid dienone is 2. The van der Waals surface area contributed by atoms with E-state index in [1.807, 2.05) is 12.1 Å². The van der Waals surface area contributed by atoms with Gasteiger partial charge in [0.2, 0.25) is 0 Å². The van der Waals surface area contributed by atoms with Gasteiger partial charge >= 0.3 is 5.97 Å². The van der Waals surface area contributed by atoms with Crippen molar-refractivity contribution in [3.05, 3.63) is 42.5 Å². The van der Waals surface area contributed by atoms with E-state index in [9.17, 15) is 13.2 Å². The Labute approximate surface area is 155 Å². The number of carboxylic acid groups (broad SMARTS) is 1. The maximum absolute atomic E-state index is 12.8. The van der Waals surface area contributed by atoms with Gasteiger partial charge in [-0.15, -0.1) is 0 Å². The minimum Gasteiger partial charge on any atom is -0.481 e. The molecule has 0 aliphatic carbocycles. The topological polar surface area (TPSA) is 80.7 Å². The van der Waals surface area contributed by atoms with E-state index < -0.39 is 15.8 Å². The van der Waals surface area contributed by atoms with Crippen molar-refractivity contribution in [1.82, 2.24) is 0 Å². The van der Waals surface area contributed by atoms with Gasteiger partial charge in [0.25, 0.3) is 0 Å². The van der Waals surface area contributed by atoms with Crippen molar-refractivity contribution >= 4 is 15.8 Å². The van der Waals surface area contributed by atoms with E-state index in [1.54, 1.807) is 24.3 Å². The average Bonchev–Trinajstić information content (AvgIpc) is 3.20. The molecule has 142 valence electrons. The summed E-state index contributed by atoms with van der Waals surface area (Å²) in [6.07, 6.45) is 8.57. The first-order valence-electron chi connectivity index (χ1n) is 9.27. The van der Waals surface area contributed by atoms with E-state index >= 15 is 0 Å². The van der Waals surface area contributed by atoms with Crippen molar-refractivity contribution in [2.45, 2.75) is 55.6 Å². The van der Waals surface area contributed by atoms with Gasteiger partial charge < -0.3 is 9.84 Å². The minimum atomic E-state index is -3.32. The van der Waals surface area contributed by atoms with Crippen molar-refractivity contribution in [2.24, 2.45) is 11.8 Å². The van der Waals surface area contributed by atoms with Gasteiger partial charge in [0.1, 0.15) is 0 Å². The Balaban J connectivity index is 1.60. The lowest BCUT2D eigenvalue weighted by Gasteiger charge is -2.27. The average molecular weight is 378 g/mol. The third-order valence-electron chi connectivity index (χ3n) is 5.44. The third kappa shape index (κ3) is 4.54. The van der Waals surface area contributed by atoms with Crippen LogP contribution in [-0.2, 0) is 19.4 Å². The summed E-state index contributed by atoms with van der Waals surface area (Å²) in [4.78, 5) is 10.9. The number of fused-ring (bicyclic) bond motifs is 2. The largest absolute Gasteiger partial charge is 0.481 e. The molecule has 2 aliphatic rings. The Bertz CT molecular complexity index is 741. The first-order chi connectivity index (χ1) is 12.5. The Morgan fingerprint density at radius 2 is 1.81 bits per heavy atom. The molecular formula is C20H26O5S. The van der Waals surface area contributed by atoms with Crippen LogP contribution in [0.25, 0.3) is 0 Å². The third-order valence-corrected chi connectivity index (χ3v) is 7.25. The van der Waals surface area contributed by atoms with Crippen LogP contribution in [0.2, 0.25) is 0 Å². The molecule has 0 radical (unpaired) electrons. The van der Waals surface area contributed by atoms with Crippen LogP contribution in [-0.4, -0.2) is 37.5 Å². The molecular weight excluding hydrogens is 352 g/mol. The number of hydrogen-bond acceptors (Lipinski definition) is 4. The molecule has 5 nitrogen and oxygen atoms in total. The molecule has 3 rings (SSSR count). The quantitative estimate of drug-likeness (QED) is 0.526. The van der Waals surface area contributed by atoms with Gasteiger partial charge in [0.15, 0.2) is 9.84 Å². The maximum atomic E-state index is 12.8. The number of benzene rings is 1. The molecule has 1 aromatic carbocycles. The molecule has 26 heavy (non-hydrogen) atoms. The number of unbranched alkanes of at least 4 members (excludes halogenated alkanes) is 1. The predicted octanol–water partition coefficient (Wildman–Crippen LogP) is 3.46. The van der Waals surface area contributed by atoms with Crippen molar-refractivity contribution in [1.29, 1.82) is 0 Å². The van der Waals surface area contributed by atoms with Gasteiger partial charge in [-0.25, -0.2) is 8.42 Å². The first-order valence-corrected chi connectivity index (χ1v) is 10.9. The highest BCUT2D eigenvalue weighted by Gasteiger charge is 2.49. The number of sulfone groups is 1.